The Morgan fingerprint density at radius 2 is 1.79 bits per heavy atom. The molecule has 0 unspecified atom stereocenters. The van der Waals surface area contributed by atoms with Crippen molar-refractivity contribution < 1.29 is 18.3 Å². The summed E-state index contributed by atoms with van der Waals surface area (Å²) >= 11 is 0. The number of hydrogen-bond donors (Lipinski definition) is 2. The lowest BCUT2D eigenvalue weighted by atomic mass is 9.81. The summed E-state index contributed by atoms with van der Waals surface area (Å²) in [7, 11) is -3.27. The highest BCUT2D eigenvalue weighted by Crippen LogP contribution is 2.47. The molecule has 3 heterocycles. The molecule has 2 N–H and O–H groups in total. The molecule has 0 amide bonds. The quantitative estimate of drug-likeness (QED) is 0.319. The lowest BCUT2D eigenvalue weighted by molar-refractivity contribution is 0.0697. The number of benzene rings is 2. The molecule has 2 fully saturated rings. The van der Waals surface area contributed by atoms with Gasteiger partial charge in [0.2, 0.25) is 10.0 Å². The number of rotatable bonds is 6. The molecule has 2 aromatic heterocycles. The number of nitrogens with zero attached hydrogens (tertiary/aromatic N) is 2. The lowest BCUT2D eigenvalue weighted by Gasteiger charge is -2.25. The van der Waals surface area contributed by atoms with Crippen LogP contribution in [0.3, 0.4) is 0 Å². The summed E-state index contributed by atoms with van der Waals surface area (Å²) in [6, 6.07) is 12.0. The fourth-order valence-electron chi connectivity index (χ4n) is 6.85. The van der Waals surface area contributed by atoms with Crippen LogP contribution in [0, 0.1) is 0 Å². The second-order valence-electron chi connectivity index (χ2n) is 11.3. The number of carboxylic acid groups (broad SMARTS) is 1. The van der Waals surface area contributed by atoms with E-state index in [0.717, 1.165) is 72.7 Å². The minimum absolute atomic E-state index is 0.238. The van der Waals surface area contributed by atoms with E-state index in [1.54, 1.807) is 6.07 Å². The van der Waals surface area contributed by atoms with E-state index in [2.05, 4.69) is 38.3 Å². The Labute approximate surface area is 222 Å². The van der Waals surface area contributed by atoms with Crippen LogP contribution in [0.2, 0.25) is 0 Å². The van der Waals surface area contributed by atoms with Crippen molar-refractivity contribution in [1.29, 1.82) is 0 Å². The molecule has 3 aliphatic rings. The number of para-hydroxylation sites is 1. The van der Waals surface area contributed by atoms with Gasteiger partial charge in [-0.05, 0) is 61.3 Å². The normalized spacial score (nSPS) is 18.4. The average molecular weight is 532 g/mol. The zero-order valence-electron chi connectivity index (χ0n) is 21.4. The van der Waals surface area contributed by atoms with Gasteiger partial charge < -0.3 is 14.2 Å². The summed E-state index contributed by atoms with van der Waals surface area (Å²) in [6.45, 7) is 1.92. The van der Waals surface area contributed by atoms with E-state index in [0.29, 0.717) is 18.0 Å². The smallest absolute Gasteiger partial charge is 0.335 e. The van der Waals surface area contributed by atoms with Crippen molar-refractivity contribution in [3.8, 4) is 11.3 Å². The van der Waals surface area contributed by atoms with Gasteiger partial charge >= 0.3 is 5.97 Å². The largest absolute Gasteiger partial charge is 0.478 e. The predicted octanol–water partition coefficient (Wildman–Crippen LogP) is 5.99. The van der Waals surface area contributed by atoms with Gasteiger partial charge in [-0.15, -0.1) is 0 Å². The Morgan fingerprint density at radius 1 is 0.974 bits per heavy atom. The number of aryl methyl sites for hydroxylation is 2. The third-order valence-electron chi connectivity index (χ3n) is 8.81. The Hall–Kier alpha value is -3.10. The molecule has 0 radical (unpaired) electrons. The molecule has 2 saturated carbocycles. The van der Waals surface area contributed by atoms with Gasteiger partial charge in [0.1, 0.15) is 0 Å². The van der Waals surface area contributed by atoms with Crippen molar-refractivity contribution in [2.45, 2.75) is 82.2 Å². The Morgan fingerprint density at radius 3 is 2.55 bits per heavy atom. The molecule has 1 aliphatic heterocycles. The molecule has 0 saturated heterocycles. The van der Waals surface area contributed by atoms with Crippen molar-refractivity contribution in [3.63, 3.8) is 0 Å². The van der Waals surface area contributed by atoms with Crippen LogP contribution in [0.4, 0.5) is 0 Å². The molecule has 7 nitrogen and oxygen atoms in total. The zero-order chi connectivity index (χ0) is 26.0. The molecular weight excluding hydrogens is 498 g/mol. The standard InChI is InChI=1S/C30H33N3O4S/c34-30(35)20-10-13-24-26(16-20)33-15-5-14-32-18-21(17-31-38(36,37)22-11-12-22)23-8-4-9-25(28(23)32)29(33)27(24)19-6-2-1-3-7-19/h4,8-10,13,16,18-19,22,31H,1-3,5-7,11-12,14-15,17H2,(H,34,35). The minimum atomic E-state index is -3.27. The summed E-state index contributed by atoms with van der Waals surface area (Å²) in [5, 5.41) is 11.8. The highest BCUT2D eigenvalue weighted by Gasteiger charge is 2.35. The number of aromatic carboxylic acids is 1. The number of nitrogens with one attached hydrogen (secondary N) is 1. The second-order valence-corrected chi connectivity index (χ2v) is 13.3. The van der Waals surface area contributed by atoms with Gasteiger partial charge in [0.25, 0.3) is 0 Å². The Balaban J connectivity index is 1.45. The van der Waals surface area contributed by atoms with Gasteiger partial charge in [0, 0.05) is 47.7 Å². The maximum absolute atomic E-state index is 12.6. The van der Waals surface area contributed by atoms with Crippen LogP contribution < -0.4 is 4.72 Å². The van der Waals surface area contributed by atoms with Gasteiger partial charge in [-0.25, -0.2) is 17.9 Å². The zero-order valence-corrected chi connectivity index (χ0v) is 22.3. The molecule has 4 aromatic rings. The average Bonchev–Trinajstić information content (AvgIpc) is 3.66. The Bertz CT molecular complexity index is 1690. The number of sulfonamides is 1. The van der Waals surface area contributed by atoms with Crippen LogP contribution in [-0.4, -0.2) is 33.9 Å². The van der Waals surface area contributed by atoms with Crippen LogP contribution in [0.5, 0.6) is 0 Å². The molecule has 0 spiro atoms. The lowest BCUT2D eigenvalue weighted by Crippen LogP contribution is -2.26. The van der Waals surface area contributed by atoms with Gasteiger partial charge in [-0.3, -0.25) is 0 Å². The van der Waals surface area contributed by atoms with E-state index in [1.165, 1.54) is 35.9 Å². The van der Waals surface area contributed by atoms with Gasteiger partial charge in [-0.1, -0.05) is 43.5 Å². The van der Waals surface area contributed by atoms with E-state index in [9.17, 15) is 18.3 Å². The maximum Gasteiger partial charge on any atom is 0.335 e. The van der Waals surface area contributed by atoms with E-state index in [4.69, 9.17) is 0 Å². The van der Waals surface area contributed by atoms with E-state index in [1.807, 2.05) is 12.1 Å². The molecule has 8 heteroatoms. The highest BCUT2D eigenvalue weighted by atomic mass is 32.2. The molecule has 38 heavy (non-hydrogen) atoms. The van der Waals surface area contributed by atoms with Crippen molar-refractivity contribution in [2.24, 2.45) is 0 Å². The summed E-state index contributed by atoms with van der Waals surface area (Å²) in [5.74, 6) is -0.456. The molecular formula is C30H33N3O4S. The van der Waals surface area contributed by atoms with Crippen LogP contribution in [0.1, 0.15) is 78.8 Å². The van der Waals surface area contributed by atoms with E-state index >= 15 is 0 Å². The number of aromatic nitrogens is 2. The topological polar surface area (TPSA) is 93.3 Å². The first-order valence-corrected chi connectivity index (χ1v) is 15.5. The summed E-state index contributed by atoms with van der Waals surface area (Å²) in [5.41, 5.74) is 7.21. The van der Waals surface area contributed by atoms with Crippen molar-refractivity contribution in [3.05, 3.63) is 59.3 Å². The maximum atomic E-state index is 12.6. The van der Waals surface area contributed by atoms with E-state index in [-0.39, 0.29) is 5.25 Å². The number of carbonyl (C=O) groups is 1. The molecule has 2 aliphatic carbocycles. The number of fused-ring (bicyclic) bond motifs is 4. The predicted molar refractivity (Wildman–Crippen MR) is 149 cm³/mol. The molecule has 2 aromatic carbocycles. The summed E-state index contributed by atoms with van der Waals surface area (Å²) in [4.78, 5) is 11.9. The van der Waals surface area contributed by atoms with Crippen LogP contribution in [0.15, 0.2) is 42.6 Å². The fraction of sp³-hybridized carbons (Fsp3) is 0.433. The molecule has 0 atom stereocenters. The molecule has 198 valence electrons. The molecule has 0 bridgehead atoms. The third kappa shape index (κ3) is 3.88. The summed E-state index contributed by atoms with van der Waals surface area (Å²) in [6.07, 6.45) is 10.5. The van der Waals surface area contributed by atoms with Gasteiger partial charge in [-0.2, -0.15) is 0 Å². The first kappa shape index (κ1) is 24.0. The SMILES string of the molecule is O=C(O)c1ccc2c(C3CCCCC3)c3n(c2c1)CCCn1cc(CNS(=O)(=O)C2CC2)c2cccc-3c21. The van der Waals surface area contributed by atoms with Crippen LogP contribution in [0.25, 0.3) is 33.1 Å². The fourth-order valence-corrected chi connectivity index (χ4v) is 8.20. The third-order valence-corrected chi connectivity index (χ3v) is 10.7. The summed E-state index contributed by atoms with van der Waals surface area (Å²) < 4.78 is 32.7. The van der Waals surface area contributed by atoms with Gasteiger partial charge in [0.15, 0.2) is 0 Å². The van der Waals surface area contributed by atoms with E-state index < -0.39 is 16.0 Å². The second kappa shape index (κ2) is 8.99. The van der Waals surface area contributed by atoms with Crippen LogP contribution >= 0.6 is 0 Å². The van der Waals surface area contributed by atoms with Crippen molar-refractivity contribution in [1.82, 2.24) is 13.9 Å². The highest BCUT2D eigenvalue weighted by molar-refractivity contribution is 7.90. The van der Waals surface area contributed by atoms with Gasteiger partial charge in [0.05, 0.1) is 22.0 Å². The first-order valence-electron chi connectivity index (χ1n) is 13.9. The minimum Gasteiger partial charge on any atom is -0.478 e. The van der Waals surface area contributed by atoms with Crippen molar-refractivity contribution in [2.75, 3.05) is 0 Å². The number of hydrogen-bond acceptors (Lipinski definition) is 3. The monoisotopic (exact) mass is 531 g/mol. The number of carboxylic acids is 1. The van der Waals surface area contributed by atoms with Crippen LogP contribution in [-0.2, 0) is 29.7 Å². The Kier molecular flexibility index (Phi) is 5.67. The van der Waals surface area contributed by atoms with Crippen molar-refractivity contribution >= 4 is 37.8 Å². The molecule has 7 rings (SSSR count). The first-order chi connectivity index (χ1) is 18.4.